The molecule has 184 valence electrons. The second kappa shape index (κ2) is 8.87. The standard InChI is InChI=1S/C36H24N2S/c1-3-12-25(13-4-1)37(26-14-5-2-6-15-26)34-21-11-18-30-31-24-27(22-23-35(31)39-36(30)34)38-32-19-9-7-16-28(32)29-17-8-10-20-33(29)38/h1-24H. The molecule has 0 N–H and O–H groups in total. The molecule has 3 heteroatoms. The Hall–Kier alpha value is -4.86. The summed E-state index contributed by atoms with van der Waals surface area (Å²) >= 11 is 1.87. The van der Waals surface area contributed by atoms with Gasteiger partial charge in [0.25, 0.3) is 0 Å². The Bertz CT molecular complexity index is 2030. The zero-order valence-corrected chi connectivity index (χ0v) is 22.0. The normalized spacial score (nSPS) is 11.6. The summed E-state index contributed by atoms with van der Waals surface area (Å²) in [5.41, 5.74) is 7.16. The molecule has 2 heterocycles. The number of thiophene rings is 1. The molecular weight excluding hydrogens is 492 g/mol. The summed E-state index contributed by atoms with van der Waals surface area (Å²) in [6, 6.07) is 52.3. The van der Waals surface area contributed by atoms with Gasteiger partial charge in [0.1, 0.15) is 0 Å². The van der Waals surface area contributed by atoms with E-state index in [9.17, 15) is 0 Å². The molecule has 0 fully saturated rings. The fraction of sp³-hybridized carbons (Fsp3) is 0. The maximum atomic E-state index is 2.40. The van der Waals surface area contributed by atoms with Gasteiger partial charge in [-0.25, -0.2) is 0 Å². The van der Waals surface area contributed by atoms with Gasteiger partial charge in [0.05, 0.1) is 21.4 Å². The number of anilines is 3. The maximum absolute atomic E-state index is 2.40. The number of hydrogen-bond donors (Lipinski definition) is 0. The van der Waals surface area contributed by atoms with Gasteiger partial charge in [-0.05, 0) is 60.7 Å². The summed E-state index contributed by atoms with van der Waals surface area (Å²) in [7, 11) is 0. The Kier molecular flexibility index (Phi) is 5.04. The van der Waals surface area contributed by atoms with Gasteiger partial charge in [0.2, 0.25) is 0 Å². The number of para-hydroxylation sites is 4. The van der Waals surface area contributed by atoms with Crippen LogP contribution in [0.4, 0.5) is 17.1 Å². The molecular formula is C36H24N2S. The van der Waals surface area contributed by atoms with E-state index in [1.54, 1.807) is 0 Å². The first-order chi connectivity index (χ1) is 19.4. The fourth-order valence-electron chi connectivity index (χ4n) is 5.87. The minimum atomic E-state index is 1.15. The summed E-state index contributed by atoms with van der Waals surface area (Å²) in [5, 5.41) is 5.14. The molecule has 39 heavy (non-hydrogen) atoms. The van der Waals surface area contributed by atoms with Crippen LogP contribution in [0.15, 0.2) is 146 Å². The van der Waals surface area contributed by atoms with Gasteiger partial charge in [-0.1, -0.05) is 84.9 Å². The Morgan fingerprint density at radius 2 is 1.03 bits per heavy atom. The lowest BCUT2D eigenvalue weighted by Gasteiger charge is -2.25. The van der Waals surface area contributed by atoms with Crippen LogP contribution in [0, 0.1) is 0 Å². The van der Waals surface area contributed by atoms with Crippen LogP contribution in [0.5, 0.6) is 0 Å². The molecule has 0 amide bonds. The van der Waals surface area contributed by atoms with Gasteiger partial charge in [0, 0.05) is 43.3 Å². The number of benzene rings is 6. The summed E-state index contributed by atoms with van der Waals surface area (Å²) < 4.78 is 4.99. The topological polar surface area (TPSA) is 8.17 Å². The van der Waals surface area contributed by atoms with Gasteiger partial charge >= 0.3 is 0 Å². The molecule has 0 atom stereocenters. The van der Waals surface area contributed by atoms with Gasteiger partial charge in [-0.3, -0.25) is 0 Å². The predicted octanol–water partition coefficient (Wildman–Crippen LogP) is 10.6. The second-order valence-electron chi connectivity index (χ2n) is 9.81. The number of nitrogens with zero attached hydrogens (tertiary/aromatic N) is 2. The molecule has 6 aromatic carbocycles. The van der Waals surface area contributed by atoms with Crippen molar-refractivity contribution in [3.63, 3.8) is 0 Å². The SMILES string of the molecule is c1ccc(N(c2ccccc2)c2cccc3c2sc2ccc(-n4c5ccccc5c5ccccc54)cc23)cc1. The quantitative estimate of drug-likeness (QED) is 0.226. The molecule has 0 aliphatic heterocycles. The van der Waals surface area contributed by atoms with E-state index in [1.807, 2.05) is 11.3 Å². The zero-order chi connectivity index (χ0) is 25.8. The van der Waals surface area contributed by atoms with Crippen molar-refractivity contribution in [2.45, 2.75) is 0 Å². The third-order valence-corrected chi connectivity index (χ3v) is 8.78. The van der Waals surface area contributed by atoms with Crippen molar-refractivity contribution >= 4 is 70.4 Å². The Morgan fingerprint density at radius 3 is 1.67 bits per heavy atom. The van der Waals surface area contributed by atoms with Crippen LogP contribution in [0.3, 0.4) is 0 Å². The molecule has 0 unspecified atom stereocenters. The minimum absolute atomic E-state index is 1.15. The molecule has 0 saturated carbocycles. The van der Waals surface area contributed by atoms with Gasteiger partial charge in [0.15, 0.2) is 0 Å². The fourth-order valence-corrected chi connectivity index (χ4v) is 7.06. The first kappa shape index (κ1) is 22.2. The van der Waals surface area contributed by atoms with Crippen LogP contribution in [-0.4, -0.2) is 4.57 Å². The van der Waals surface area contributed by atoms with E-state index in [0.717, 1.165) is 11.4 Å². The molecule has 0 saturated heterocycles. The van der Waals surface area contributed by atoms with E-state index >= 15 is 0 Å². The van der Waals surface area contributed by atoms with Crippen molar-refractivity contribution in [2.24, 2.45) is 0 Å². The minimum Gasteiger partial charge on any atom is -0.309 e. The first-order valence-corrected chi connectivity index (χ1v) is 14.0. The lowest BCUT2D eigenvalue weighted by Crippen LogP contribution is -2.09. The molecule has 0 aliphatic carbocycles. The molecule has 0 bridgehead atoms. The summed E-state index contributed by atoms with van der Waals surface area (Å²) in [6.45, 7) is 0. The smallest absolute Gasteiger partial charge is 0.0640 e. The van der Waals surface area contributed by atoms with Crippen LogP contribution < -0.4 is 4.90 Å². The van der Waals surface area contributed by atoms with Crippen molar-refractivity contribution in [2.75, 3.05) is 4.90 Å². The van der Waals surface area contributed by atoms with Gasteiger partial charge in [-0.2, -0.15) is 0 Å². The molecule has 2 aromatic heterocycles. The first-order valence-electron chi connectivity index (χ1n) is 13.2. The number of fused-ring (bicyclic) bond motifs is 6. The average molecular weight is 517 g/mol. The Balaban J connectivity index is 1.38. The second-order valence-corrected chi connectivity index (χ2v) is 10.9. The zero-order valence-electron chi connectivity index (χ0n) is 21.2. The van der Waals surface area contributed by atoms with Gasteiger partial charge in [-0.15, -0.1) is 11.3 Å². The highest BCUT2D eigenvalue weighted by Gasteiger charge is 2.18. The molecule has 0 aliphatic rings. The van der Waals surface area contributed by atoms with E-state index in [-0.39, 0.29) is 0 Å². The third-order valence-electron chi connectivity index (χ3n) is 7.57. The van der Waals surface area contributed by atoms with Crippen LogP contribution in [0.1, 0.15) is 0 Å². The van der Waals surface area contributed by atoms with Crippen molar-refractivity contribution < 1.29 is 0 Å². The Morgan fingerprint density at radius 1 is 0.462 bits per heavy atom. The highest BCUT2D eigenvalue weighted by molar-refractivity contribution is 7.26. The monoisotopic (exact) mass is 516 g/mol. The van der Waals surface area contributed by atoms with Crippen LogP contribution in [0.2, 0.25) is 0 Å². The lowest BCUT2D eigenvalue weighted by atomic mass is 10.1. The molecule has 2 nitrogen and oxygen atoms in total. The predicted molar refractivity (Wildman–Crippen MR) is 168 cm³/mol. The lowest BCUT2D eigenvalue weighted by molar-refractivity contribution is 1.19. The van der Waals surface area contributed by atoms with Crippen molar-refractivity contribution in [3.8, 4) is 5.69 Å². The summed E-state index contributed by atoms with van der Waals surface area (Å²) in [6.07, 6.45) is 0. The van der Waals surface area contributed by atoms with Crippen molar-refractivity contribution in [3.05, 3.63) is 146 Å². The summed E-state index contributed by atoms with van der Waals surface area (Å²) in [4.78, 5) is 2.37. The largest absolute Gasteiger partial charge is 0.309 e. The van der Waals surface area contributed by atoms with Crippen molar-refractivity contribution in [1.29, 1.82) is 0 Å². The van der Waals surface area contributed by atoms with E-state index in [2.05, 4.69) is 155 Å². The summed E-state index contributed by atoms with van der Waals surface area (Å²) in [5.74, 6) is 0. The number of aromatic nitrogens is 1. The highest BCUT2D eigenvalue weighted by atomic mass is 32.1. The van der Waals surface area contributed by atoms with E-state index in [4.69, 9.17) is 0 Å². The van der Waals surface area contributed by atoms with Crippen LogP contribution in [-0.2, 0) is 0 Å². The highest BCUT2D eigenvalue weighted by Crippen LogP contribution is 2.45. The van der Waals surface area contributed by atoms with Crippen LogP contribution in [0.25, 0.3) is 47.7 Å². The molecule has 8 rings (SSSR count). The molecule has 0 spiro atoms. The van der Waals surface area contributed by atoms with Crippen molar-refractivity contribution in [1.82, 2.24) is 4.57 Å². The molecule has 0 radical (unpaired) electrons. The van der Waals surface area contributed by atoms with E-state index in [1.165, 1.54) is 53.4 Å². The van der Waals surface area contributed by atoms with Crippen LogP contribution >= 0.6 is 11.3 Å². The number of rotatable bonds is 4. The van der Waals surface area contributed by atoms with Gasteiger partial charge < -0.3 is 9.47 Å². The van der Waals surface area contributed by atoms with E-state index < -0.39 is 0 Å². The molecule has 8 aromatic rings. The Labute approximate surface area is 230 Å². The van der Waals surface area contributed by atoms with E-state index in [0.29, 0.717) is 0 Å². The number of hydrogen-bond acceptors (Lipinski definition) is 2. The maximum Gasteiger partial charge on any atom is 0.0640 e. The third kappa shape index (κ3) is 3.48. The average Bonchev–Trinajstić information content (AvgIpc) is 3.54.